The number of benzene rings is 1. The molecule has 1 atom stereocenters. The summed E-state index contributed by atoms with van der Waals surface area (Å²) >= 11 is 0. The number of aliphatic hydroxyl groups excluding tert-OH is 1. The van der Waals surface area contributed by atoms with Crippen LogP contribution in [0.15, 0.2) is 24.3 Å². The third-order valence-electron chi connectivity index (χ3n) is 6.32. The smallest absolute Gasteiger partial charge is 0.123 e. The van der Waals surface area contributed by atoms with Crippen molar-refractivity contribution in [2.75, 3.05) is 32.8 Å². The van der Waals surface area contributed by atoms with Crippen LogP contribution in [0.1, 0.15) is 50.5 Å². The summed E-state index contributed by atoms with van der Waals surface area (Å²) in [6.07, 6.45) is 8.45. The number of para-hydroxylation sites is 1. The number of rotatable bonds is 5. The first kappa shape index (κ1) is 17.3. The van der Waals surface area contributed by atoms with E-state index in [4.69, 9.17) is 9.47 Å². The Balaban J connectivity index is 1.24. The summed E-state index contributed by atoms with van der Waals surface area (Å²) in [7, 11) is 0. The summed E-state index contributed by atoms with van der Waals surface area (Å²) < 4.78 is 11.9. The Hall–Kier alpha value is -1.10. The summed E-state index contributed by atoms with van der Waals surface area (Å²) in [4.78, 5) is 2.39. The molecule has 4 heteroatoms. The minimum atomic E-state index is -0.372. The van der Waals surface area contributed by atoms with E-state index < -0.39 is 0 Å². The van der Waals surface area contributed by atoms with Crippen molar-refractivity contribution >= 4 is 0 Å². The van der Waals surface area contributed by atoms with E-state index in [0.717, 1.165) is 44.8 Å². The van der Waals surface area contributed by atoms with Gasteiger partial charge in [0.25, 0.3) is 0 Å². The maximum Gasteiger partial charge on any atom is 0.123 e. The second-order valence-corrected chi connectivity index (χ2v) is 8.11. The average Bonchev–Trinajstić information content (AvgIpc) is 3.02. The van der Waals surface area contributed by atoms with Crippen LogP contribution in [0.5, 0.6) is 5.75 Å². The van der Waals surface area contributed by atoms with E-state index in [-0.39, 0.29) is 11.5 Å². The zero-order valence-corrected chi connectivity index (χ0v) is 15.2. The van der Waals surface area contributed by atoms with Crippen LogP contribution in [0.3, 0.4) is 0 Å². The Kier molecular flexibility index (Phi) is 5.30. The van der Waals surface area contributed by atoms with Gasteiger partial charge in [-0.25, -0.2) is 0 Å². The van der Waals surface area contributed by atoms with Crippen LogP contribution in [0.2, 0.25) is 0 Å². The van der Waals surface area contributed by atoms with Gasteiger partial charge in [-0.1, -0.05) is 37.5 Å². The van der Waals surface area contributed by atoms with Gasteiger partial charge in [0.05, 0.1) is 25.4 Å². The SMILES string of the molecule is OC(COC1CCCCC1)CN1CCC2(CC1)COc1ccccc12. The Morgan fingerprint density at radius 1 is 1.16 bits per heavy atom. The number of hydrogen-bond acceptors (Lipinski definition) is 4. The molecule has 3 aliphatic rings. The largest absolute Gasteiger partial charge is 0.492 e. The second kappa shape index (κ2) is 7.65. The van der Waals surface area contributed by atoms with Gasteiger partial charge in [0.1, 0.15) is 5.75 Å². The number of hydrogen-bond donors (Lipinski definition) is 1. The molecule has 0 bridgehead atoms. The minimum Gasteiger partial charge on any atom is -0.492 e. The van der Waals surface area contributed by atoms with Crippen LogP contribution in [-0.2, 0) is 10.2 Å². The van der Waals surface area contributed by atoms with Crippen molar-refractivity contribution in [2.24, 2.45) is 0 Å². The fourth-order valence-electron chi connectivity index (χ4n) is 4.73. The molecule has 1 aromatic carbocycles. The molecule has 25 heavy (non-hydrogen) atoms. The molecule has 1 saturated carbocycles. The summed E-state index contributed by atoms with van der Waals surface area (Å²) in [5, 5.41) is 10.4. The summed E-state index contributed by atoms with van der Waals surface area (Å²) in [6.45, 7) is 4.08. The molecule has 1 unspecified atom stereocenters. The van der Waals surface area contributed by atoms with E-state index in [9.17, 15) is 5.11 Å². The molecular formula is C21H31NO3. The van der Waals surface area contributed by atoms with Crippen LogP contribution in [0.25, 0.3) is 0 Å². The molecule has 1 saturated heterocycles. The highest BCUT2D eigenvalue weighted by molar-refractivity contribution is 5.43. The molecule has 1 aliphatic carbocycles. The van der Waals surface area contributed by atoms with E-state index >= 15 is 0 Å². The van der Waals surface area contributed by atoms with Gasteiger partial charge < -0.3 is 19.5 Å². The van der Waals surface area contributed by atoms with Crippen molar-refractivity contribution in [3.8, 4) is 5.75 Å². The van der Waals surface area contributed by atoms with E-state index in [2.05, 4.69) is 29.2 Å². The zero-order valence-electron chi connectivity index (χ0n) is 15.2. The van der Waals surface area contributed by atoms with Gasteiger partial charge in [-0.05, 0) is 44.8 Å². The third kappa shape index (κ3) is 3.86. The van der Waals surface area contributed by atoms with Gasteiger partial charge in [-0.2, -0.15) is 0 Å². The fourth-order valence-corrected chi connectivity index (χ4v) is 4.73. The van der Waals surface area contributed by atoms with Crippen molar-refractivity contribution in [3.63, 3.8) is 0 Å². The first-order valence-electron chi connectivity index (χ1n) is 10.00. The lowest BCUT2D eigenvalue weighted by molar-refractivity contribution is -0.0367. The maximum atomic E-state index is 10.4. The summed E-state index contributed by atoms with van der Waals surface area (Å²) in [5.74, 6) is 1.07. The highest BCUT2D eigenvalue weighted by atomic mass is 16.5. The fraction of sp³-hybridized carbons (Fsp3) is 0.714. The molecule has 138 valence electrons. The molecule has 1 N–H and O–H groups in total. The van der Waals surface area contributed by atoms with Gasteiger partial charge in [-0.3, -0.25) is 0 Å². The molecule has 2 fully saturated rings. The van der Waals surface area contributed by atoms with Crippen LogP contribution in [-0.4, -0.2) is 55.1 Å². The molecule has 0 amide bonds. The van der Waals surface area contributed by atoms with Crippen LogP contribution in [0.4, 0.5) is 0 Å². The maximum absolute atomic E-state index is 10.4. The molecule has 1 aromatic rings. The molecule has 2 heterocycles. The van der Waals surface area contributed by atoms with Gasteiger partial charge in [0.15, 0.2) is 0 Å². The van der Waals surface area contributed by atoms with E-state index in [0.29, 0.717) is 12.7 Å². The second-order valence-electron chi connectivity index (χ2n) is 8.11. The Morgan fingerprint density at radius 3 is 2.72 bits per heavy atom. The average molecular weight is 345 g/mol. The Bertz CT molecular complexity index is 562. The predicted octanol–water partition coefficient (Wildman–Crippen LogP) is 3.12. The predicted molar refractivity (Wildman–Crippen MR) is 98.1 cm³/mol. The van der Waals surface area contributed by atoms with Crippen LogP contribution < -0.4 is 4.74 Å². The molecule has 0 radical (unpaired) electrons. The van der Waals surface area contributed by atoms with E-state index in [1.807, 2.05) is 0 Å². The number of nitrogens with zero attached hydrogens (tertiary/aromatic N) is 1. The topological polar surface area (TPSA) is 41.9 Å². The van der Waals surface area contributed by atoms with Gasteiger partial charge >= 0.3 is 0 Å². The highest BCUT2D eigenvalue weighted by Crippen LogP contribution is 2.45. The number of β-amino-alcohol motifs (C(OH)–C–C–N with tert-alkyl or cyclic N) is 1. The molecule has 1 spiro atoms. The molecule has 2 aliphatic heterocycles. The first-order chi connectivity index (χ1) is 12.3. The molecule has 0 aromatic heterocycles. The first-order valence-corrected chi connectivity index (χ1v) is 10.00. The number of piperidine rings is 1. The number of ether oxygens (including phenoxy) is 2. The van der Waals surface area contributed by atoms with Crippen LogP contribution in [0, 0.1) is 0 Å². The molecule has 4 nitrogen and oxygen atoms in total. The monoisotopic (exact) mass is 345 g/mol. The number of aliphatic hydroxyl groups is 1. The van der Waals surface area contributed by atoms with Crippen molar-refractivity contribution in [1.29, 1.82) is 0 Å². The summed E-state index contributed by atoms with van der Waals surface area (Å²) in [6, 6.07) is 8.48. The lowest BCUT2D eigenvalue weighted by atomic mass is 9.74. The van der Waals surface area contributed by atoms with Crippen molar-refractivity contribution in [2.45, 2.75) is 62.6 Å². The lowest BCUT2D eigenvalue weighted by Gasteiger charge is -2.39. The van der Waals surface area contributed by atoms with Crippen molar-refractivity contribution < 1.29 is 14.6 Å². The van der Waals surface area contributed by atoms with Crippen molar-refractivity contribution in [3.05, 3.63) is 29.8 Å². The quantitative estimate of drug-likeness (QED) is 0.890. The van der Waals surface area contributed by atoms with E-state index in [1.165, 1.54) is 37.7 Å². The molecule has 4 rings (SSSR count). The van der Waals surface area contributed by atoms with Gasteiger partial charge in [0, 0.05) is 17.5 Å². The van der Waals surface area contributed by atoms with Gasteiger partial charge in [0.2, 0.25) is 0 Å². The molecular weight excluding hydrogens is 314 g/mol. The highest BCUT2D eigenvalue weighted by Gasteiger charge is 2.42. The third-order valence-corrected chi connectivity index (χ3v) is 6.32. The summed E-state index contributed by atoms with van der Waals surface area (Å²) in [5.41, 5.74) is 1.58. The normalized spacial score (nSPS) is 24.8. The Morgan fingerprint density at radius 2 is 1.92 bits per heavy atom. The number of fused-ring (bicyclic) bond motifs is 2. The number of likely N-dealkylation sites (tertiary alicyclic amines) is 1. The van der Waals surface area contributed by atoms with Crippen LogP contribution >= 0.6 is 0 Å². The zero-order chi connectivity index (χ0) is 17.1. The minimum absolute atomic E-state index is 0.191. The van der Waals surface area contributed by atoms with Gasteiger partial charge in [-0.15, -0.1) is 0 Å². The lowest BCUT2D eigenvalue weighted by Crippen LogP contribution is -2.46. The standard InChI is InChI=1S/C21H31NO3/c23-17(15-24-18-6-2-1-3-7-18)14-22-12-10-21(11-13-22)16-25-20-9-5-4-8-19(20)21/h4-5,8-9,17-18,23H,1-3,6-7,10-16H2. The van der Waals surface area contributed by atoms with E-state index in [1.54, 1.807) is 0 Å². The Labute approximate surface area is 151 Å². The van der Waals surface area contributed by atoms with Crippen molar-refractivity contribution in [1.82, 2.24) is 4.90 Å².